The number of hydrogen-bond acceptors (Lipinski definition) is 8. The lowest BCUT2D eigenvalue weighted by atomic mass is 10.2. The van der Waals surface area contributed by atoms with Crippen LogP contribution in [0.4, 0.5) is 19.2 Å². The molecule has 4 aromatic rings. The highest BCUT2D eigenvalue weighted by atomic mass is 16.6. The van der Waals surface area contributed by atoms with E-state index in [0.29, 0.717) is 27.2 Å². The summed E-state index contributed by atoms with van der Waals surface area (Å²) in [7, 11) is 0. The molecular weight excluding hydrogens is 566 g/mol. The van der Waals surface area contributed by atoms with E-state index in [-0.39, 0.29) is 26.4 Å². The van der Waals surface area contributed by atoms with Gasteiger partial charge in [-0.05, 0) is 22.3 Å². The Balaban J connectivity index is 1.57. The molecule has 0 fully saturated rings. The monoisotopic (exact) mass is 595 g/mol. The Kier molecular flexibility index (Phi) is 11.6. The van der Waals surface area contributed by atoms with E-state index in [1.807, 2.05) is 0 Å². The highest BCUT2D eigenvalue weighted by molar-refractivity contribution is 6.13. The van der Waals surface area contributed by atoms with E-state index >= 15 is 0 Å². The Bertz CT molecular complexity index is 1490. The fraction of sp³-hybridized carbons (Fsp3) is 0.121. The van der Waals surface area contributed by atoms with Crippen molar-refractivity contribution in [1.82, 2.24) is 10.2 Å². The van der Waals surface area contributed by atoms with Crippen molar-refractivity contribution in [2.24, 2.45) is 4.99 Å². The summed E-state index contributed by atoms with van der Waals surface area (Å²) in [5, 5.41) is 2.19. The fourth-order valence-corrected chi connectivity index (χ4v) is 3.64. The van der Waals surface area contributed by atoms with Gasteiger partial charge in [0, 0.05) is 0 Å². The Morgan fingerprint density at radius 2 is 0.841 bits per heavy atom. The Morgan fingerprint density at radius 3 is 1.23 bits per heavy atom. The van der Waals surface area contributed by atoms with Gasteiger partial charge in [-0.3, -0.25) is 5.32 Å². The molecule has 4 rings (SSSR count). The van der Waals surface area contributed by atoms with Crippen molar-refractivity contribution in [3.05, 3.63) is 144 Å². The van der Waals surface area contributed by atoms with Crippen molar-refractivity contribution in [3.8, 4) is 0 Å². The number of nitrogens with one attached hydrogen (secondary N) is 1. The number of carbonyl (C=O) groups excluding carboxylic acids is 4. The van der Waals surface area contributed by atoms with Gasteiger partial charge < -0.3 is 18.9 Å². The van der Waals surface area contributed by atoms with Crippen LogP contribution in [-0.4, -0.2) is 35.2 Å². The molecule has 0 unspecified atom stereocenters. The summed E-state index contributed by atoms with van der Waals surface area (Å²) in [5.74, 6) is -0.836. The van der Waals surface area contributed by atoms with E-state index in [1.54, 1.807) is 121 Å². The maximum atomic E-state index is 13.3. The predicted octanol–water partition coefficient (Wildman–Crippen LogP) is 6.58. The Labute approximate surface area is 253 Å². The van der Waals surface area contributed by atoms with Gasteiger partial charge in [0.25, 0.3) is 0 Å². The minimum Gasteiger partial charge on any atom is -0.444 e. The zero-order valence-electron chi connectivity index (χ0n) is 23.5. The normalized spacial score (nSPS) is 10.7. The summed E-state index contributed by atoms with van der Waals surface area (Å²) in [6.45, 7) is -0.764. The van der Waals surface area contributed by atoms with Gasteiger partial charge in [-0.15, -0.1) is 9.89 Å². The number of aliphatic imine (C=N–C) groups is 1. The lowest BCUT2D eigenvalue weighted by Crippen LogP contribution is -2.51. The second-order valence-corrected chi connectivity index (χ2v) is 9.08. The Hall–Kier alpha value is -5.97. The minimum absolute atomic E-state index is 0.144. The van der Waals surface area contributed by atoms with Crippen molar-refractivity contribution >= 4 is 30.3 Å². The molecule has 0 aliphatic heterocycles. The number of amides is 4. The molecule has 0 radical (unpaired) electrons. The van der Waals surface area contributed by atoms with Crippen LogP contribution >= 0.6 is 0 Å². The van der Waals surface area contributed by atoms with E-state index in [1.165, 1.54) is 0 Å². The first-order chi connectivity index (χ1) is 21.5. The molecule has 0 heterocycles. The third-order valence-corrected chi connectivity index (χ3v) is 5.82. The van der Waals surface area contributed by atoms with Crippen molar-refractivity contribution < 1.29 is 38.1 Å². The van der Waals surface area contributed by atoms with Gasteiger partial charge in [-0.25, -0.2) is 19.2 Å². The molecule has 0 saturated heterocycles. The van der Waals surface area contributed by atoms with Crippen LogP contribution in [0.5, 0.6) is 0 Å². The van der Waals surface area contributed by atoms with Crippen LogP contribution in [0.25, 0.3) is 0 Å². The molecule has 4 amide bonds. The molecule has 44 heavy (non-hydrogen) atoms. The summed E-state index contributed by atoms with van der Waals surface area (Å²) in [6, 6.07) is 35.0. The molecule has 0 bridgehead atoms. The average molecular weight is 596 g/mol. The fourth-order valence-electron chi connectivity index (χ4n) is 3.64. The van der Waals surface area contributed by atoms with Crippen LogP contribution in [0.3, 0.4) is 0 Å². The molecule has 0 saturated carbocycles. The number of imide groups is 1. The summed E-state index contributed by atoms with van der Waals surface area (Å²) in [4.78, 5) is 56.2. The maximum Gasteiger partial charge on any atom is 0.437 e. The maximum absolute atomic E-state index is 13.3. The summed E-state index contributed by atoms with van der Waals surface area (Å²) >= 11 is 0. The van der Waals surface area contributed by atoms with Gasteiger partial charge >= 0.3 is 24.4 Å². The molecule has 1 N–H and O–H groups in total. The highest BCUT2D eigenvalue weighted by Crippen LogP contribution is 2.10. The smallest absolute Gasteiger partial charge is 0.437 e. The molecule has 0 aliphatic carbocycles. The van der Waals surface area contributed by atoms with Crippen LogP contribution in [-0.2, 0) is 45.4 Å². The number of nitrogens with zero attached hydrogens (tertiary/aromatic N) is 2. The number of ether oxygens (including phenoxy) is 4. The molecule has 11 heteroatoms. The van der Waals surface area contributed by atoms with E-state index < -0.39 is 30.3 Å². The van der Waals surface area contributed by atoms with Gasteiger partial charge in [-0.1, -0.05) is 121 Å². The lowest BCUT2D eigenvalue weighted by Gasteiger charge is -2.21. The molecular formula is C33H29N3O8. The minimum atomic E-state index is -1.27. The van der Waals surface area contributed by atoms with Crippen LogP contribution < -0.4 is 5.32 Å². The number of alkyl carbamates (subject to hydrolysis) is 1. The quantitative estimate of drug-likeness (QED) is 0.137. The molecule has 0 atom stereocenters. The van der Waals surface area contributed by atoms with Gasteiger partial charge in [0.2, 0.25) is 5.96 Å². The molecule has 224 valence electrons. The predicted molar refractivity (Wildman–Crippen MR) is 159 cm³/mol. The highest BCUT2D eigenvalue weighted by Gasteiger charge is 2.33. The first kappa shape index (κ1) is 31.0. The molecule has 4 aromatic carbocycles. The summed E-state index contributed by atoms with van der Waals surface area (Å²) in [5.41, 5.74) is 2.57. The molecule has 0 aromatic heterocycles. The zero-order chi connectivity index (χ0) is 31.0. The first-order valence-electron chi connectivity index (χ1n) is 13.5. The van der Waals surface area contributed by atoms with E-state index in [4.69, 9.17) is 18.9 Å². The SMILES string of the molecule is O=C(N=C(NC(=O)OCc1ccccc1)N(C(=O)OCc1ccccc1)C(=O)OCc1ccccc1)OCc1ccccc1. The second kappa shape index (κ2) is 16.5. The van der Waals surface area contributed by atoms with E-state index in [9.17, 15) is 19.2 Å². The third-order valence-electron chi connectivity index (χ3n) is 5.82. The van der Waals surface area contributed by atoms with Gasteiger partial charge in [-0.2, -0.15) is 0 Å². The van der Waals surface area contributed by atoms with Crippen molar-refractivity contribution in [2.75, 3.05) is 0 Å². The van der Waals surface area contributed by atoms with Crippen LogP contribution in [0, 0.1) is 0 Å². The van der Waals surface area contributed by atoms with Crippen LogP contribution in [0.15, 0.2) is 126 Å². The average Bonchev–Trinajstić information content (AvgIpc) is 3.06. The number of rotatable bonds is 8. The first-order valence-corrected chi connectivity index (χ1v) is 13.5. The van der Waals surface area contributed by atoms with Crippen molar-refractivity contribution in [1.29, 1.82) is 0 Å². The van der Waals surface area contributed by atoms with Gasteiger partial charge in [0.05, 0.1) is 0 Å². The topological polar surface area (TPSA) is 133 Å². The van der Waals surface area contributed by atoms with E-state index in [0.717, 1.165) is 0 Å². The van der Waals surface area contributed by atoms with Gasteiger partial charge in [0.15, 0.2) is 0 Å². The van der Waals surface area contributed by atoms with Crippen LogP contribution in [0.2, 0.25) is 0 Å². The third kappa shape index (κ3) is 10.1. The molecule has 0 aliphatic rings. The number of guanidine groups is 1. The van der Waals surface area contributed by atoms with Gasteiger partial charge in [0.1, 0.15) is 26.4 Å². The van der Waals surface area contributed by atoms with Crippen molar-refractivity contribution in [2.45, 2.75) is 26.4 Å². The number of hydrogen-bond donors (Lipinski definition) is 1. The molecule has 11 nitrogen and oxygen atoms in total. The summed E-state index contributed by atoms with van der Waals surface area (Å²) in [6.07, 6.45) is -4.86. The zero-order valence-corrected chi connectivity index (χ0v) is 23.5. The number of benzene rings is 4. The van der Waals surface area contributed by atoms with E-state index in [2.05, 4.69) is 10.3 Å². The summed E-state index contributed by atoms with van der Waals surface area (Å²) < 4.78 is 21.1. The lowest BCUT2D eigenvalue weighted by molar-refractivity contribution is 0.0876. The number of carbonyl (C=O) groups is 4. The van der Waals surface area contributed by atoms with Crippen molar-refractivity contribution in [3.63, 3.8) is 0 Å². The Morgan fingerprint density at radius 1 is 0.500 bits per heavy atom. The van der Waals surface area contributed by atoms with Crippen LogP contribution in [0.1, 0.15) is 22.3 Å². The second-order valence-electron chi connectivity index (χ2n) is 9.08. The standard InChI is InChI=1S/C33H29N3O8/c37-30(41-21-25-13-5-1-6-14-25)34-29(35-31(38)42-22-26-15-7-2-8-16-26)36(32(39)43-23-27-17-9-3-10-18-27)33(40)44-24-28-19-11-4-12-20-28/h1-20H,21-24H2,(H,34,35,37,38). The molecule has 0 spiro atoms. The largest absolute Gasteiger partial charge is 0.444 e.